The van der Waals surface area contributed by atoms with Crippen molar-refractivity contribution < 1.29 is 4.74 Å². The maximum Gasteiger partial charge on any atom is 0.120 e. The summed E-state index contributed by atoms with van der Waals surface area (Å²) in [5, 5.41) is 3.49. The molecule has 0 fully saturated rings. The van der Waals surface area contributed by atoms with Crippen LogP contribution in [0, 0.1) is 0 Å². The molecule has 0 saturated heterocycles. The van der Waals surface area contributed by atoms with Gasteiger partial charge in [0, 0.05) is 31.4 Å². The molecule has 1 rings (SSSR count). The predicted molar refractivity (Wildman–Crippen MR) is 74.0 cm³/mol. The summed E-state index contributed by atoms with van der Waals surface area (Å²) in [6.45, 7) is 6.47. The van der Waals surface area contributed by atoms with E-state index >= 15 is 0 Å². The number of benzene rings is 1. The van der Waals surface area contributed by atoms with Crippen molar-refractivity contribution >= 4 is 5.69 Å². The molecule has 0 spiro atoms. The average molecular weight is 236 g/mol. The van der Waals surface area contributed by atoms with Gasteiger partial charge in [0.05, 0.1) is 7.11 Å². The van der Waals surface area contributed by atoms with Crippen LogP contribution in [0.25, 0.3) is 0 Å². The van der Waals surface area contributed by atoms with Gasteiger partial charge < -0.3 is 15.0 Å². The molecule has 0 aliphatic carbocycles. The molecule has 1 atom stereocenters. The van der Waals surface area contributed by atoms with Crippen LogP contribution in [0.3, 0.4) is 0 Å². The highest BCUT2D eigenvalue weighted by molar-refractivity contribution is 5.50. The van der Waals surface area contributed by atoms with Gasteiger partial charge in [0.25, 0.3) is 0 Å². The summed E-state index contributed by atoms with van der Waals surface area (Å²) < 4.78 is 5.23. The first-order valence-electron chi connectivity index (χ1n) is 6.26. The van der Waals surface area contributed by atoms with Gasteiger partial charge in [0.2, 0.25) is 0 Å². The smallest absolute Gasteiger partial charge is 0.120 e. The highest BCUT2D eigenvalue weighted by atomic mass is 16.5. The molecule has 3 heteroatoms. The number of ether oxygens (including phenoxy) is 1. The second-order valence-electron chi connectivity index (χ2n) is 4.44. The molecular formula is C14H24N2O. The minimum absolute atomic E-state index is 0.492. The van der Waals surface area contributed by atoms with Crippen LogP contribution in [0.15, 0.2) is 24.3 Å². The Hall–Kier alpha value is -1.22. The second kappa shape index (κ2) is 7.17. The van der Waals surface area contributed by atoms with Gasteiger partial charge in [-0.1, -0.05) is 13.0 Å². The van der Waals surface area contributed by atoms with Crippen LogP contribution in [-0.2, 0) is 0 Å². The highest BCUT2D eigenvalue weighted by Gasteiger charge is 2.06. The van der Waals surface area contributed by atoms with Crippen molar-refractivity contribution in [2.45, 2.75) is 26.3 Å². The fourth-order valence-electron chi connectivity index (χ4n) is 1.82. The van der Waals surface area contributed by atoms with Crippen molar-refractivity contribution in [2.24, 2.45) is 0 Å². The molecule has 0 aromatic heterocycles. The lowest BCUT2D eigenvalue weighted by atomic mass is 10.2. The van der Waals surface area contributed by atoms with E-state index in [1.807, 2.05) is 12.1 Å². The molecule has 1 N–H and O–H groups in total. The van der Waals surface area contributed by atoms with Gasteiger partial charge in [-0.2, -0.15) is 0 Å². The number of anilines is 1. The number of hydrogen-bond acceptors (Lipinski definition) is 3. The molecule has 3 nitrogen and oxygen atoms in total. The van der Waals surface area contributed by atoms with Crippen LogP contribution in [0.4, 0.5) is 5.69 Å². The fourth-order valence-corrected chi connectivity index (χ4v) is 1.82. The predicted octanol–water partition coefficient (Wildman–Crippen LogP) is 2.52. The summed E-state index contributed by atoms with van der Waals surface area (Å²) in [4.78, 5) is 2.25. The van der Waals surface area contributed by atoms with E-state index in [4.69, 9.17) is 4.74 Å². The van der Waals surface area contributed by atoms with E-state index in [0.29, 0.717) is 6.04 Å². The van der Waals surface area contributed by atoms with Gasteiger partial charge in [-0.25, -0.2) is 0 Å². The molecule has 0 aliphatic heterocycles. The second-order valence-corrected chi connectivity index (χ2v) is 4.44. The molecule has 96 valence electrons. The number of rotatable bonds is 7. The van der Waals surface area contributed by atoms with Crippen molar-refractivity contribution in [1.82, 2.24) is 5.32 Å². The van der Waals surface area contributed by atoms with Crippen molar-refractivity contribution in [3.8, 4) is 5.75 Å². The van der Waals surface area contributed by atoms with E-state index in [9.17, 15) is 0 Å². The van der Waals surface area contributed by atoms with Crippen molar-refractivity contribution in [3.63, 3.8) is 0 Å². The summed E-state index contributed by atoms with van der Waals surface area (Å²) in [5.74, 6) is 0.906. The molecule has 1 aromatic rings. The lowest BCUT2D eigenvalue weighted by molar-refractivity contribution is 0.414. The maximum atomic E-state index is 5.23. The highest BCUT2D eigenvalue weighted by Crippen LogP contribution is 2.19. The van der Waals surface area contributed by atoms with Gasteiger partial charge in [-0.15, -0.1) is 0 Å². The zero-order valence-corrected chi connectivity index (χ0v) is 11.4. The molecule has 0 saturated carbocycles. The lowest BCUT2D eigenvalue weighted by Gasteiger charge is -2.24. The Balaban J connectivity index is 2.53. The number of nitrogens with one attached hydrogen (secondary N) is 1. The van der Waals surface area contributed by atoms with Crippen LogP contribution >= 0.6 is 0 Å². The molecule has 0 amide bonds. The Morgan fingerprint density at radius 3 is 2.82 bits per heavy atom. The minimum atomic E-state index is 0.492. The Bertz CT molecular complexity index is 328. The molecule has 0 aliphatic rings. The third-order valence-electron chi connectivity index (χ3n) is 2.78. The first-order chi connectivity index (χ1) is 8.17. The summed E-state index contributed by atoms with van der Waals surface area (Å²) in [6.07, 6.45) is 1.17. The monoisotopic (exact) mass is 236 g/mol. The number of hydrogen-bond donors (Lipinski definition) is 1. The van der Waals surface area contributed by atoms with E-state index in [0.717, 1.165) is 18.8 Å². The number of nitrogens with zero attached hydrogens (tertiary/aromatic N) is 1. The minimum Gasteiger partial charge on any atom is -0.497 e. The van der Waals surface area contributed by atoms with Gasteiger partial charge >= 0.3 is 0 Å². The third-order valence-corrected chi connectivity index (χ3v) is 2.78. The molecule has 17 heavy (non-hydrogen) atoms. The summed E-state index contributed by atoms with van der Waals surface area (Å²) in [7, 11) is 3.81. The summed E-state index contributed by atoms with van der Waals surface area (Å²) in [5.41, 5.74) is 1.19. The third kappa shape index (κ3) is 4.65. The van der Waals surface area contributed by atoms with Crippen LogP contribution in [0.2, 0.25) is 0 Å². The van der Waals surface area contributed by atoms with E-state index in [1.54, 1.807) is 7.11 Å². The normalized spacial score (nSPS) is 12.2. The number of methoxy groups -OCH3 is 1. The Labute approximate surface area is 105 Å². The van der Waals surface area contributed by atoms with E-state index in [2.05, 4.69) is 43.2 Å². The lowest BCUT2D eigenvalue weighted by Crippen LogP contribution is -2.37. The van der Waals surface area contributed by atoms with Crippen LogP contribution < -0.4 is 15.0 Å². The van der Waals surface area contributed by atoms with Gasteiger partial charge in [-0.05, 0) is 32.0 Å². The summed E-state index contributed by atoms with van der Waals surface area (Å²) >= 11 is 0. The SMILES string of the molecule is CCCNC(C)CN(C)c1cccc(OC)c1. The van der Waals surface area contributed by atoms with Crippen molar-refractivity contribution in [1.29, 1.82) is 0 Å². The van der Waals surface area contributed by atoms with E-state index < -0.39 is 0 Å². The van der Waals surface area contributed by atoms with Crippen LogP contribution in [-0.4, -0.2) is 33.3 Å². The largest absolute Gasteiger partial charge is 0.497 e. The first-order valence-corrected chi connectivity index (χ1v) is 6.26. The van der Waals surface area contributed by atoms with Crippen molar-refractivity contribution in [2.75, 3.05) is 32.1 Å². The fraction of sp³-hybridized carbons (Fsp3) is 0.571. The Kier molecular flexibility index (Phi) is 5.84. The topological polar surface area (TPSA) is 24.5 Å². The molecular weight excluding hydrogens is 212 g/mol. The van der Waals surface area contributed by atoms with Gasteiger partial charge in [-0.3, -0.25) is 0 Å². The summed E-state index contributed by atoms with van der Waals surface area (Å²) in [6, 6.07) is 8.65. The Morgan fingerprint density at radius 1 is 1.41 bits per heavy atom. The molecule has 1 unspecified atom stereocenters. The van der Waals surface area contributed by atoms with Crippen LogP contribution in [0.5, 0.6) is 5.75 Å². The molecule has 0 bridgehead atoms. The Morgan fingerprint density at radius 2 is 2.18 bits per heavy atom. The van der Waals surface area contributed by atoms with Gasteiger partial charge in [0.15, 0.2) is 0 Å². The van der Waals surface area contributed by atoms with Gasteiger partial charge in [0.1, 0.15) is 5.75 Å². The zero-order valence-electron chi connectivity index (χ0n) is 11.4. The molecule has 1 aromatic carbocycles. The maximum absolute atomic E-state index is 5.23. The first kappa shape index (κ1) is 13.8. The molecule has 0 heterocycles. The van der Waals surface area contributed by atoms with E-state index in [1.165, 1.54) is 12.1 Å². The standard InChI is InChI=1S/C14H24N2O/c1-5-9-15-12(2)11-16(3)13-7-6-8-14(10-13)17-4/h6-8,10,12,15H,5,9,11H2,1-4H3. The quantitative estimate of drug-likeness (QED) is 0.787. The molecule has 0 radical (unpaired) electrons. The van der Waals surface area contributed by atoms with Crippen LogP contribution in [0.1, 0.15) is 20.3 Å². The zero-order chi connectivity index (χ0) is 12.7. The van der Waals surface area contributed by atoms with E-state index in [-0.39, 0.29) is 0 Å². The van der Waals surface area contributed by atoms with Crippen molar-refractivity contribution in [3.05, 3.63) is 24.3 Å². The average Bonchev–Trinajstić information content (AvgIpc) is 2.36. The number of likely N-dealkylation sites (N-methyl/N-ethyl adjacent to an activating group) is 1.